The van der Waals surface area contributed by atoms with Gasteiger partial charge in [-0.3, -0.25) is 4.79 Å². The van der Waals surface area contributed by atoms with Crippen molar-refractivity contribution in [3.8, 4) is 0 Å². The predicted molar refractivity (Wildman–Crippen MR) is 65.4 cm³/mol. The topological polar surface area (TPSA) is 92.2 Å². The zero-order valence-corrected chi connectivity index (χ0v) is 10.9. The summed E-state index contributed by atoms with van der Waals surface area (Å²) in [7, 11) is 0. The van der Waals surface area contributed by atoms with Gasteiger partial charge in [0.15, 0.2) is 0 Å². The van der Waals surface area contributed by atoms with Gasteiger partial charge < -0.3 is 10.4 Å². The van der Waals surface area contributed by atoms with Gasteiger partial charge in [0, 0.05) is 0 Å². The molecule has 1 aliphatic carbocycles. The highest BCUT2D eigenvalue weighted by molar-refractivity contribution is 7.07. The number of hydrogen-bond donors (Lipinski definition) is 2. The maximum Gasteiger partial charge on any atom is 0.329 e. The van der Waals surface area contributed by atoms with Crippen LogP contribution in [0.2, 0.25) is 0 Å². The van der Waals surface area contributed by atoms with Gasteiger partial charge in [-0.2, -0.15) is 0 Å². The van der Waals surface area contributed by atoms with Crippen LogP contribution in [0.1, 0.15) is 42.3 Å². The van der Waals surface area contributed by atoms with E-state index in [1.165, 1.54) is 6.20 Å². The molecular weight excluding hydrogens is 254 g/mol. The number of carbonyl (C=O) groups is 2. The van der Waals surface area contributed by atoms with Gasteiger partial charge in [-0.25, -0.2) is 4.79 Å². The molecule has 7 heteroatoms. The molecule has 0 bridgehead atoms. The second-order valence-corrected chi connectivity index (χ2v) is 5.61. The minimum atomic E-state index is -1.14. The Labute approximate surface area is 109 Å². The molecule has 6 nitrogen and oxygen atoms in total. The van der Waals surface area contributed by atoms with Gasteiger partial charge in [-0.05, 0) is 30.3 Å². The summed E-state index contributed by atoms with van der Waals surface area (Å²) in [5.74, 6) is -1.06. The summed E-state index contributed by atoms with van der Waals surface area (Å²) in [6.07, 6.45) is 4.12. The average molecular weight is 269 g/mol. The lowest BCUT2D eigenvalue weighted by Gasteiger charge is -2.36. The van der Waals surface area contributed by atoms with Gasteiger partial charge in [0.1, 0.15) is 10.4 Å². The molecule has 2 N–H and O–H groups in total. The molecule has 1 aromatic rings. The van der Waals surface area contributed by atoms with Crippen molar-refractivity contribution < 1.29 is 14.7 Å². The molecule has 98 valence electrons. The lowest BCUT2D eigenvalue weighted by atomic mass is 9.76. The Hall–Kier alpha value is -1.50. The Kier molecular flexibility index (Phi) is 3.60. The maximum atomic E-state index is 11.9. The van der Waals surface area contributed by atoms with E-state index < -0.39 is 17.4 Å². The van der Waals surface area contributed by atoms with Gasteiger partial charge in [-0.15, -0.1) is 5.10 Å². The predicted octanol–water partition coefficient (Wildman–Crippen LogP) is 1.30. The molecule has 2 atom stereocenters. The summed E-state index contributed by atoms with van der Waals surface area (Å²) in [5, 5.41) is 15.6. The van der Waals surface area contributed by atoms with Gasteiger partial charge in [0.2, 0.25) is 0 Å². The Bertz CT molecular complexity index is 448. The summed E-state index contributed by atoms with van der Waals surface area (Å²) < 4.78 is 3.60. The smallest absolute Gasteiger partial charge is 0.329 e. The van der Waals surface area contributed by atoms with E-state index in [1.807, 2.05) is 6.92 Å². The van der Waals surface area contributed by atoms with E-state index in [4.69, 9.17) is 0 Å². The number of hydrogen-bond acceptors (Lipinski definition) is 5. The number of carboxylic acids is 1. The second kappa shape index (κ2) is 5.01. The molecule has 1 heterocycles. The second-order valence-electron chi connectivity index (χ2n) is 4.82. The lowest BCUT2D eigenvalue weighted by Crippen LogP contribution is -2.56. The number of carbonyl (C=O) groups excluding carboxylic acids is 1. The normalized spacial score (nSPS) is 27.7. The number of amides is 1. The van der Waals surface area contributed by atoms with Crippen LogP contribution in [0.5, 0.6) is 0 Å². The number of nitrogens with zero attached hydrogens (tertiary/aromatic N) is 2. The maximum absolute atomic E-state index is 11.9. The first-order chi connectivity index (χ1) is 8.53. The van der Waals surface area contributed by atoms with Crippen molar-refractivity contribution in [2.24, 2.45) is 5.92 Å². The van der Waals surface area contributed by atoms with Crippen molar-refractivity contribution >= 4 is 23.4 Å². The molecule has 2 unspecified atom stereocenters. The molecule has 1 amide bonds. The van der Waals surface area contributed by atoms with Crippen molar-refractivity contribution in [1.29, 1.82) is 0 Å². The van der Waals surface area contributed by atoms with E-state index in [2.05, 4.69) is 14.9 Å². The number of aliphatic carboxylic acids is 1. The molecular formula is C11H15N3O3S. The summed E-state index contributed by atoms with van der Waals surface area (Å²) >= 11 is 0.965. The van der Waals surface area contributed by atoms with Crippen LogP contribution in [0.3, 0.4) is 0 Å². The molecule has 18 heavy (non-hydrogen) atoms. The van der Waals surface area contributed by atoms with E-state index in [0.717, 1.165) is 24.4 Å². The Morgan fingerprint density at radius 3 is 2.94 bits per heavy atom. The highest BCUT2D eigenvalue weighted by Crippen LogP contribution is 2.32. The van der Waals surface area contributed by atoms with Crippen molar-refractivity contribution in [3.63, 3.8) is 0 Å². The van der Waals surface area contributed by atoms with Crippen molar-refractivity contribution in [1.82, 2.24) is 14.9 Å². The monoisotopic (exact) mass is 269 g/mol. The number of nitrogens with one attached hydrogen (secondary N) is 1. The minimum Gasteiger partial charge on any atom is -0.480 e. The van der Waals surface area contributed by atoms with Crippen LogP contribution in [0.4, 0.5) is 0 Å². The van der Waals surface area contributed by atoms with Crippen LogP contribution in [0.15, 0.2) is 6.20 Å². The zero-order chi connectivity index (χ0) is 13.2. The fourth-order valence-electron chi connectivity index (χ4n) is 2.46. The molecule has 0 saturated heterocycles. The summed E-state index contributed by atoms with van der Waals surface area (Å²) in [4.78, 5) is 23.8. The lowest BCUT2D eigenvalue weighted by molar-refractivity contribution is -0.146. The summed E-state index contributed by atoms with van der Waals surface area (Å²) in [6.45, 7) is 2.01. The largest absolute Gasteiger partial charge is 0.480 e. The first-order valence-corrected chi connectivity index (χ1v) is 6.64. The van der Waals surface area contributed by atoms with Crippen LogP contribution in [0, 0.1) is 5.92 Å². The van der Waals surface area contributed by atoms with Gasteiger partial charge >= 0.3 is 5.97 Å². The van der Waals surface area contributed by atoms with Gasteiger partial charge in [-0.1, -0.05) is 24.3 Å². The number of aromatic nitrogens is 2. The van der Waals surface area contributed by atoms with Gasteiger partial charge in [0.25, 0.3) is 5.91 Å². The van der Waals surface area contributed by atoms with E-state index in [9.17, 15) is 14.7 Å². The van der Waals surface area contributed by atoms with Crippen molar-refractivity contribution in [3.05, 3.63) is 11.1 Å². The zero-order valence-electron chi connectivity index (χ0n) is 10.0. The van der Waals surface area contributed by atoms with Crippen LogP contribution in [0.25, 0.3) is 0 Å². The Morgan fingerprint density at radius 1 is 1.61 bits per heavy atom. The van der Waals surface area contributed by atoms with Crippen LogP contribution < -0.4 is 5.32 Å². The average Bonchev–Trinajstić information content (AvgIpc) is 2.82. The van der Waals surface area contributed by atoms with Gasteiger partial charge in [0.05, 0.1) is 6.20 Å². The van der Waals surface area contributed by atoms with E-state index in [1.54, 1.807) is 0 Å². The fraction of sp³-hybridized carbons (Fsp3) is 0.636. The van der Waals surface area contributed by atoms with Crippen molar-refractivity contribution in [2.45, 2.75) is 38.1 Å². The molecule has 1 fully saturated rings. The molecule has 0 aliphatic heterocycles. The summed E-state index contributed by atoms with van der Waals surface area (Å²) in [5.41, 5.74) is -1.14. The quantitative estimate of drug-likeness (QED) is 0.863. The van der Waals surface area contributed by atoms with Crippen LogP contribution in [-0.2, 0) is 4.79 Å². The molecule has 1 aliphatic rings. The SMILES string of the molecule is CC1CCCC(NC(=O)c2cnns2)(C(=O)O)C1. The van der Waals surface area contributed by atoms with Crippen LogP contribution in [-0.4, -0.2) is 32.1 Å². The van der Waals surface area contributed by atoms with E-state index in [-0.39, 0.29) is 0 Å². The van der Waals surface area contributed by atoms with Crippen molar-refractivity contribution in [2.75, 3.05) is 0 Å². The molecule has 1 saturated carbocycles. The highest BCUT2D eigenvalue weighted by atomic mass is 32.1. The van der Waals surface area contributed by atoms with E-state index >= 15 is 0 Å². The highest BCUT2D eigenvalue weighted by Gasteiger charge is 2.43. The Balaban J connectivity index is 2.16. The molecule has 0 spiro atoms. The van der Waals surface area contributed by atoms with E-state index in [0.29, 0.717) is 23.6 Å². The molecule has 0 aromatic carbocycles. The third-order valence-corrected chi connectivity index (χ3v) is 4.01. The molecule has 0 radical (unpaired) electrons. The first kappa shape index (κ1) is 12.9. The first-order valence-electron chi connectivity index (χ1n) is 5.87. The fourth-order valence-corrected chi connectivity index (χ4v) is 2.87. The molecule has 1 aromatic heterocycles. The molecule has 2 rings (SSSR count). The number of carboxylic acid groups (broad SMARTS) is 1. The van der Waals surface area contributed by atoms with Crippen LogP contribution >= 0.6 is 11.5 Å². The third-order valence-electron chi connectivity index (χ3n) is 3.34. The minimum absolute atomic E-state index is 0.301. The Morgan fingerprint density at radius 2 is 2.39 bits per heavy atom. The standard InChI is InChI=1S/C11H15N3O3S/c1-7-3-2-4-11(5-7,10(16)17)13-9(15)8-6-12-14-18-8/h6-7H,2-5H2,1H3,(H,13,15)(H,16,17). The third kappa shape index (κ3) is 2.50. The summed E-state index contributed by atoms with van der Waals surface area (Å²) in [6, 6.07) is 0. The number of rotatable bonds is 3.